The topological polar surface area (TPSA) is 69.6 Å². The van der Waals surface area contributed by atoms with Gasteiger partial charge in [-0.05, 0) is 37.3 Å². The molecule has 4 rings (SSSR count). The number of nitrogens with zero attached hydrogens (tertiary/aromatic N) is 4. The van der Waals surface area contributed by atoms with Gasteiger partial charge < -0.3 is 14.9 Å². The van der Waals surface area contributed by atoms with Crippen molar-refractivity contribution in [3.05, 3.63) is 47.3 Å². The SMILES string of the molecule is Cc1nc(N2CCC(C(=O)O)CC2)cc(N2CCc3ccccc3C2)n1. The molecule has 1 aromatic carbocycles. The standard InChI is InChI=1S/C20H24N4O2/c1-14-21-18(23-9-7-16(8-10-23)20(25)26)12-19(22-14)24-11-6-15-4-2-3-5-17(15)13-24/h2-5,12,16H,6-11,13H2,1H3,(H,25,26). The lowest BCUT2D eigenvalue weighted by atomic mass is 9.97. The van der Waals surface area contributed by atoms with Crippen LogP contribution < -0.4 is 9.80 Å². The highest BCUT2D eigenvalue weighted by atomic mass is 16.4. The Bertz CT molecular complexity index is 815. The van der Waals surface area contributed by atoms with Crippen molar-refractivity contribution in [2.45, 2.75) is 32.7 Å². The zero-order valence-electron chi connectivity index (χ0n) is 15.1. The largest absolute Gasteiger partial charge is 0.481 e. The number of carbonyl (C=O) groups is 1. The average molecular weight is 352 g/mol. The third kappa shape index (κ3) is 3.36. The Morgan fingerprint density at radius 2 is 1.69 bits per heavy atom. The van der Waals surface area contributed by atoms with Crippen molar-refractivity contribution in [1.29, 1.82) is 0 Å². The lowest BCUT2D eigenvalue weighted by Gasteiger charge is -2.33. The van der Waals surface area contributed by atoms with Crippen molar-refractivity contribution < 1.29 is 9.90 Å². The summed E-state index contributed by atoms with van der Waals surface area (Å²) in [6.45, 7) is 5.21. The molecule has 2 aliphatic heterocycles. The normalized spacial score (nSPS) is 17.9. The van der Waals surface area contributed by atoms with Crippen LogP contribution >= 0.6 is 0 Å². The molecule has 6 nitrogen and oxygen atoms in total. The van der Waals surface area contributed by atoms with Crippen LogP contribution in [0.3, 0.4) is 0 Å². The maximum atomic E-state index is 11.2. The van der Waals surface area contributed by atoms with Gasteiger partial charge in [-0.25, -0.2) is 9.97 Å². The Morgan fingerprint density at radius 1 is 1.04 bits per heavy atom. The molecule has 1 saturated heterocycles. The van der Waals surface area contributed by atoms with Gasteiger partial charge in [0.05, 0.1) is 5.92 Å². The molecule has 0 radical (unpaired) electrons. The maximum Gasteiger partial charge on any atom is 0.306 e. The molecular weight excluding hydrogens is 328 g/mol. The van der Waals surface area contributed by atoms with E-state index in [1.165, 1.54) is 11.1 Å². The highest BCUT2D eigenvalue weighted by Crippen LogP contribution is 2.28. The van der Waals surface area contributed by atoms with Crippen LogP contribution in [0.1, 0.15) is 29.8 Å². The summed E-state index contributed by atoms with van der Waals surface area (Å²) in [6.07, 6.45) is 2.37. The van der Waals surface area contributed by atoms with Crippen LogP contribution in [0.15, 0.2) is 30.3 Å². The summed E-state index contributed by atoms with van der Waals surface area (Å²) in [7, 11) is 0. The molecule has 0 saturated carbocycles. The summed E-state index contributed by atoms with van der Waals surface area (Å²) in [6, 6.07) is 10.6. The predicted octanol–water partition coefficient (Wildman–Crippen LogP) is 2.65. The Labute approximate surface area is 153 Å². The molecule has 2 aromatic rings. The molecule has 0 spiro atoms. The number of hydrogen-bond acceptors (Lipinski definition) is 5. The van der Waals surface area contributed by atoms with E-state index in [2.05, 4.69) is 50.1 Å². The first-order valence-corrected chi connectivity index (χ1v) is 9.25. The molecule has 1 N–H and O–H groups in total. The number of aryl methyl sites for hydroxylation is 1. The number of carboxylic acids is 1. The van der Waals surface area contributed by atoms with E-state index in [0.717, 1.165) is 50.1 Å². The molecular formula is C20H24N4O2. The molecule has 0 bridgehead atoms. The summed E-state index contributed by atoms with van der Waals surface area (Å²) in [5.41, 5.74) is 2.78. The zero-order chi connectivity index (χ0) is 18.1. The van der Waals surface area contributed by atoms with Crippen molar-refractivity contribution in [3.63, 3.8) is 0 Å². The van der Waals surface area contributed by atoms with Crippen LogP contribution in [0.25, 0.3) is 0 Å². The fourth-order valence-corrected chi connectivity index (χ4v) is 3.91. The molecule has 6 heteroatoms. The van der Waals surface area contributed by atoms with Crippen LogP contribution in [0.4, 0.5) is 11.6 Å². The summed E-state index contributed by atoms with van der Waals surface area (Å²) in [5.74, 6) is 1.72. The van der Waals surface area contributed by atoms with Crippen LogP contribution in [0.2, 0.25) is 0 Å². The zero-order valence-corrected chi connectivity index (χ0v) is 15.1. The predicted molar refractivity (Wildman–Crippen MR) is 101 cm³/mol. The number of piperidine rings is 1. The second-order valence-electron chi connectivity index (χ2n) is 7.17. The molecule has 136 valence electrons. The Balaban J connectivity index is 1.53. The van der Waals surface area contributed by atoms with E-state index in [0.29, 0.717) is 12.8 Å². The maximum absolute atomic E-state index is 11.2. The highest BCUT2D eigenvalue weighted by Gasteiger charge is 2.26. The van der Waals surface area contributed by atoms with Crippen LogP contribution in [0.5, 0.6) is 0 Å². The molecule has 2 aliphatic rings. The summed E-state index contributed by atoms with van der Waals surface area (Å²) < 4.78 is 0. The summed E-state index contributed by atoms with van der Waals surface area (Å²) in [5, 5.41) is 9.18. The van der Waals surface area contributed by atoms with Gasteiger partial charge in [-0.3, -0.25) is 4.79 Å². The fourth-order valence-electron chi connectivity index (χ4n) is 3.91. The molecule has 3 heterocycles. The number of anilines is 2. The Hall–Kier alpha value is -2.63. The first-order chi connectivity index (χ1) is 12.6. The lowest BCUT2D eigenvalue weighted by molar-refractivity contribution is -0.142. The minimum absolute atomic E-state index is 0.229. The Kier molecular flexibility index (Phi) is 4.49. The molecule has 0 amide bonds. The minimum atomic E-state index is -0.684. The number of rotatable bonds is 3. The van der Waals surface area contributed by atoms with Crippen molar-refractivity contribution in [3.8, 4) is 0 Å². The Morgan fingerprint density at radius 3 is 2.38 bits per heavy atom. The van der Waals surface area contributed by atoms with E-state index < -0.39 is 5.97 Å². The van der Waals surface area contributed by atoms with Crippen LogP contribution in [-0.4, -0.2) is 40.7 Å². The van der Waals surface area contributed by atoms with Crippen LogP contribution in [0, 0.1) is 12.8 Å². The van der Waals surface area contributed by atoms with E-state index in [1.807, 2.05) is 6.92 Å². The van der Waals surface area contributed by atoms with Gasteiger partial charge in [-0.1, -0.05) is 24.3 Å². The molecule has 26 heavy (non-hydrogen) atoms. The van der Waals surface area contributed by atoms with Gasteiger partial charge in [0.2, 0.25) is 0 Å². The molecule has 0 aliphatic carbocycles. The van der Waals surface area contributed by atoms with E-state index >= 15 is 0 Å². The smallest absolute Gasteiger partial charge is 0.306 e. The first-order valence-electron chi connectivity index (χ1n) is 9.25. The van der Waals surface area contributed by atoms with Gasteiger partial charge >= 0.3 is 5.97 Å². The quantitative estimate of drug-likeness (QED) is 0.916. The number of benzene rings is 1. The third-order valence-electron chi connectivity index (χ3n) is 5.43. The van der Waals surface area contributed by atoms with E-state index in [-0.39, 0.29) is 5.92 Å². The van der Waals surface area contributed by atoms with Gasteiger partial charge in [-0.2, -0.15) is 0 Å². The summed E-state index contributed by atoms with van der Waals surface area (Å²) >= 11 is 0. The van der Waals surface area contributed by atoms with E-state index in [1.54, 1.807) is 0 Å². The van der Waals surface area contributed by atoms with Gasteiger partial charge in [0.1, 0.15) is 17.5 Å². The number of aliphatic carboxylic acids is 1. The van der Waals surface area contributed by atoms with Crippen molar-refractivity contribution >= 4 is 17.6 Å². The van der Waals surface area contributed by atoms with Gasteiger partial charge in [0, 0.05) is 32.2 Å². The molecule has 0 unspecified atom stereocenters. The second kappa shape index (κ2) is 6.94. The van der Waals surface area contributed by atoms with E-state index in [9.17, 15) is 9.90 Å². The lowest BCUT2D eigenvalue weighted by Crippen LogP contribution is -2.37. The number of hydrogen-bond donors (Lipinski definition) is 1. The van der Waals surface area contributed by atoms with Crippen molar-refractivity contribution in [2.24, 2.45) is 5.92 Å². The van der Waals surface area contributed by atoms with Gasteiger partial charge in [-0.15, -0.1) is 0 Å². The highest BCUT2D eigenvalue weighted by molar-refractivity contribution is 5.70. The second-order valence-corrected chi connectivity index (χ2v) is 7.17. The molecule has 1 aromatic heterocycles. The number of carboxylic acid groups (broad SMARTS) is 1. The first kappa shape index (κ1) is 16.8. The molecule has 1 fully saturated rings. The summed E-state index contributed by atoms with van der Waals surface area (Å²) in [4.78, 5) is 24.9. The minimum Gasteiger partial charge on any atom is -0.481 e. The van der Waals surface area contributed by atoms with Crippen LogP contribution in [-0.2, 0) is 17.8 Å². The van der Waals surface area contributed by atoms with Crippen molar-refractivity contribution in [1.82, 2.24) is 9.97 Å². The van der Waals surface area contributed by atoms with E-state index in [4.69, 9.17) is 0 Å². The fraction of sp³-hybridized carbons (Fsp3) is 0.450. The average Bonchev–Trinajstić information content (AvgIpc) is 2.67. The number of fused-ring (bicyclic) bond motifs is 1. The van der Waals surface area contributed by atoms with Gasteiger partial charge in [0.15, 0.2) is 0 Å². The monoisotopic (exact) mass is 352 g/mol. The molecule has 0 atom stereocenters. The third-order valence-corrected chi connectivity index (χ3v) is 5.43. The number of aromatic nitrogens is 2. The van der Waals surface area contributed by atoms with Gasteiger partial charge in [0.25, 0.3) is 0 Å². The van der Waals surface area contributed by atoms with Crippen molar-refractivity contribution in [2.75, 3.05) is 29.4 Å².